The molecule has 0 radical (unpaired) electrons. The number of nitrogens with zero attached hydrogens (tertiary/aromatic N) is 5. The molecular weight excluding hydrogens is 643 g/mol. The van der Waals surface area contributed by atoms with E-state index in [9.17, 15) is 28.8 Å². The van der Waals surface area contributed by atoms with Crippen LogP contribution in [0.3, 0.4) is 0 Å². The highest BCUT2D eigenvalue weighted by molar-refractivity contribution is 5.92. The van der Waals surface area contributed by atoms with Gasteiger partial charge in [0.1, 0.15) is 30.3 Å². The third kappa shape index (κ3) is 7.35. The first kappa shape index (κ1) is 33.9. The predicted molar refractivity (Wildman–Crippen MR) is 179 cm³/mol. The number of hydrazine groups is 1. The molecule has 0 unspecified atom stereocenters. The molecular formula is C37H35FN6O6. The lowest BCUT2D eigenvalue weighted by Crippen LogP contribution is -2.66. The predicted octanol–water partition coefficient (Wildman–Crippen LogP) is 3.60. The fourth-order valence-corrected chi connectivity index (χ4v) is 6.39. The van der Waals surface area contributed by atoms with Crippen LogP contribution >= 0.6 is 0 Å². The highest BCUT2D eigenvalue weighted by Gasteiger charge is 2.52. The summed E-state index contributed by atoms with van der Waals surface area (Å²) in [6.07, 6.45) is -0.569. The summed E-state index contributed by atoms with van der Waals surface area (Å²) in [6, 6.07) is 26.9. The first-order valence-corrected chi connectivity index (χ1v) is 16.0. The van der Waals surface area contributed by atoms with Crippen molar-refractivity contribution >= 4 is 34.6 Å². The van der Waals surface area contributed by atoms with E-state index in [-0.39, 0.29) is 57.6 Å². The number of carbonyl (C=O) groups is 4. The topological polar surface area (TPSA) is 136 Å². The molecule has 0 bridgehead atoms. The molecule has 2 heterocycles. The van der Waals surface area contributed by atoms with Gasteiger partial charge in [-0.3, -0.25) is 9.59 Å². The summed E-state index contributed by atoms with van der Waals surface area (Å²) >= 11 is 0. The molecule has 4 aromatic carbocycles. The molecule has 12 nitrogen and oxygen atoms in total. The zero-order valence-electron chi connectivity index (χ0n) is 27.3. The van der Waals surface area contributed by atoms with E-state index in [1.807, 2.05) is 48.5 Å². The molecule has 0 spiro atoms. The van der Waals surface area contributed by atoms with Crippen molar-refractivity contribution in [2.45, 2.75) is 31.7 Å². The summed E-state index contributed by atoms with van der Waals surface area (Å²) in [5, 5.41) is 17.3. The number of halogens is 1. The van der Waals surface area contributed by atoms with Gasteiger partial charge in [0.15, 0.2) is 6.61 Å². The molecule has 256 valence electrons. The normalized spacial score (nSPS) is 17.3. The van der Waals surface area contributed by atoms with Crippen LogP contribution in [0.15, 0.2) is 91.0 Å². The van der Waals surface area contributed by atoms with Gasteiger partial charge in [0, 0.05) is 19.5 Å². The molecule has 2 aliphatic rings. The van der Waals surface area contributed by atoms with E-state index >= 15 is 0 Å². The summed E-state index contributed by atoms with van der Waals surface area (Å²) in [6.45, 7) is -0.387. The van der Waals surface area contributed by atoms with Crippen LogP contribution in [0, 0.1) is 17.1 Å². The van der Waals surface area contributed by atoms with Gasteiger partial charge in [0.05, 0.1) is 26.3 Å². The summed E-state index contributed by atoms with van der Waals surface area (Å²) < 4.78 is 23.5. The van der Waals surface area contributed by atoms with Gasteiger partial charge in [-0.15, -0.1) is 0 Å². The zero-order valence-corrected chi connectivity index (χ0v) is 27.3. The van der Waals surface area contributed by atoms with Crippen LogP contribution in [-0.4, -0.2) is 89.2 Å². The summed E-state index contributed by atoms with van der Waals surface area (Å²) in [7, 11) is 1.27. The maximum absolute atomic E-state index is 14.3. The maximum atomic E-state index is 14.3. The number of urea groups is 1. The summed E-state index contributed by atoms with van der Waals surface area (Å²) in [5.74, 6) is -1.09. The second-order valence-corrected chi connectivity index (χ2v) is 12.0. The van der Waals surface area contributed by atoms with E-state index in [0.717, 1.165) is 21.9 Å². The number of hydrogen-bond donors (Lipinski definition) is 1. The van der Waals surface area contributed by atoms with Crippen LogP contribution in [0.4, 0.5) is 9.18 Å². The molecule has 4 aromatic rings. The average Bonchev–Trinajstić information content (AvgIpc) is 3.46. The number of rotatable bonds is 11. The SMILES string of the molecule is COC(=O)COc1ccc(C[C@H]2C(=O)N(Cc3cccc4ccccc34)C[C@H]3N2C(=O)CN3N(CC#N)C(=O)NCc2ccc(F)cc2)cc1. The van der Waals surface area contributed by atoms with Gasteiger partial charge >= 0.3 is 12.0 Å². The fourth-order valence-electron chi connectivity index (χ4n) is 6.39. The van der Waals surface area contributed by atoms with Crippen LogP contribution in [0.25, 0.3) is 10.8 Å². The van der Waals surface area contributed by atoms with Gasteiger partial charge in [0.25, 0.3) is 0 Å². The number of esters is 1. The lowest BCUT2D eigenvalue weighted by Gasteiger charge is -2.46. The largest absolute Gasteiger partial charge is 0.482 e. The first-order valence-electron chi connectivity index (χ1n) is 16.0. The number of nitriles is 1. The zero-order chi connectivity index (χ0) is 35.2. The third-order valence-corrected chi connectivity index (χ3v) is 8.87. The van der Waals surface area contributed by atoms with Crippen LogP contribution < -0.4 is 10.1 Å². The van der Waals surface area contributed by atoms with Crippen molar-refractivity contribution < 1.29 is 33.0 Å². The molecule has 2 saturated heterocycles. The Hall–Kier alpha value is -6.00. The average molecular weight is 679 g/mol. The number of ether oxygens (including phenoxy) is 2. The first-order chi connectivity index (χ1) is 24.2. The van der Waals surface area contributed by atoms with E-state index in [1.54, 1.807) is 46.3 Å². The van der Waals surface area contributed by atoms with Gasteiger partial charge < -0.3 is 24.6 Å². The molecule has 2 aliphatic heterocycles. The van der Waals surface area contributed by atoms with Gasteiger partial charge in [0.2, 0.25) is 11.8 Å². The number of nitrogens with one attached hydrogen (secondary N) is 1. The number of amides is 4. The molecule has 2 fully saturated rings. The second-order valence-electron chi connectivity index (χ2n) is 12.0. The second kappa shape index (κ2) is 15.0. The molecule has 0 saturated carbocycles. The lowest BCUT2D eigenvalue weighted by atomic mass is 9.99. The Kier molecular flexibility index (Phi) is 10.2. The highest BCUT2D eigenvalue weighted by atomic mass is 19.1. The number of hydrogen-bond acceptors (Lipinski definition) is 8. The molecule has 0 aromatic heterocycles. The molecule has 6 rings (SSSR count). The molecule has 50 heavy (non-hydrogen) atoms. The van der Waals surface area contributed by atoms with E-state index < -0.39 is 30.0 Å². The number of methoxy groups -OCH3 is 1. The van der Waals surface area contributed by atoms with Crippen molar-refractivity contribution in [3.05, 3.63) is 114 Å². The quantitative estimate of drug-likeness (QED) is 0.188. The Balaban J connectivity index is 1.28. The Labute approximate surface area is 288 Å². The van der Waals surface area contributed by atoms with E-state index in [0.29, 0.717) is 11.3 Å². The molecule has 2 atom stereocenters. The van der Waals surface area contributed by atoms with Crippen molar-refractivity contribution in [3.8, 4) is 11.8 Å². The smallest absolute Gasteiger partial charge is 0.343 e. The summed E-state index contributed by atoms with van der Waals surface area (Å²) in [5.41, 5.74) is 2.33. The van der Waals surface area contributed by atoms with Crippen LogP contribution in [0.1, 0.15) is 16.7 Å². The van der Waals surface area contributed by atoms with Gasteiger partial charge in [-0.1, -0.05) is 66.7 Å². The Morgan fingerprint density at radius 3 is 2.44 bits per heavy atom. The van der Waals surface area contributed by atoms with Crippen LogP contribution in [-0.2, 0) is 38.6 Å². The van der Waals surface area contributed by atoms with Crippen molar-refractivity contribution in [2.75, 3.05) is 33.4 Å². The maximum Gasteiger partial charge on any atom is 0.343 e. The monoisotopic (exact) mass is 678 g/mol. The standard InChI is InChI=1S/C37H35FN6O6/c1-49-35(46)24-50-30-15-11-25(12-16-30)19-32-36(47)41(21-28-7-4-6-27-5-2-3-8-31(27)28)22-33-43(23-34(45)44(32)33)42(18-17-39)37(48)40-20-26-9-13-29(38)14-10-26/h2-16,32-33H,18-24H2,1H3,(H,40,48)/t32-,33+/m0/s1. The molecule has 4 amide bonds. The molecule has 13 heteroatoms. The van der Waals surface area contributed by atoms with Crippen molar-refractivity contribution in [1.82, 2.24) is 25.1 Å². The lowest BCUT2D eigenvalue weighted by molar-refractivity contribution is -0.157. The molecule has 1 N–H and O–H groups in total. The minimum absolute atomic E-state index is 0.0743. The minimum atomic E-state index is -0.908. The van der Waals surface area contributed by atoms with Crippen LogP contribution in [0.5, 0.6) is 5.75 Å². The summed E-state index contributed by atoms with van der Waals surface area (Å²) in [4.78, 5) is 56.3. The van der Waals surface area contributed by atoms with Gasteiger partial charge in [-0.05, 0) is 51.7 Å². The van der Waals surface area contributed by atoms with Crippen molar-refractivity contribution in [2.24, 2.45) is 0 Å². The number of carbonyl (C=O) groups excluding carboxylic acids is 4. The third-order valence-electron chi connectivity index (χ3n) is 8.87. The number of benzene rings is 4. The Morgan fingerprint density at radius 2 is 1.70 bits per heavy atom. The van der Waals surface area contributed by atoms with Gasteiger partial charge in [-0.25, -0.2) is 19.0 Å². The fraction of sp³-hybridized carbons (Fsp3) is 0.270. The van der Waals surface area contributed by atoms with Crippen LogP contribution in [0.2, 0.25) is 0 Å². The Bertz CT molecular complexity index is 1930. The highest BCUT2D eigenvalue weighted by Crippen LogP contribution is 2.31. The molecule has 0 aliphatic carbocycles. The van der Waals surface area contributed by atoms with E-state index in [4.69, 9.17) is 4.74 Å². The van der Waals surface area contributed by atoms with Gasteiger partial charge in [-0.2, -0.15) is 10.3 Å². The van der Waals surface area contributed by atoms with E-state index in [1.165, 1.54) is 29.2 Å². The number of piperazine rings is 1. The minimum Gasteiger partial charge on any atom is -0.482 e. The van der Waals surface area contributed by atoms with Crippen molar-refractivity contribution in [1.29, 1.82) is 5.26 Å². The Morgan fingerprint density at radius 1 is 0.980 bits per heavy atom. The van der Waals surface area contributed by atoms with Crippen molar-refractivity contribution in [3.63, 3.8) is 0 Å². The number of fused-ring (bicyclic) bond motifs is 2. The van der Waals surface area contributed by atoms with E-state index in [2.05, 4.69) is 10.1 Å².